The summed E-state index contributed by atoms with van der Waals surface area (Å²) in [5, 5.41) is 14.2. The summed E-state index contributed by atoms with van der Waals surface area (Å²) >= 11 is 0. The molecule has 0 aliphatic carbocycles. The molecule has 2 rings (SSSR count). The van der Waals surface area contributed by atoms with Crippen LogP contribution in [-0.2, 0) is 0 Å². The van der Waals surface area contributed by atoms with Crippen LogP contribution in [-0.4, -0.2) is 31.1 Å². The van der Waals surface area contributed by atoms with Crippen molar-refractivity contribution in [3.05, 3.63) is 18.2 Å². The summed E-state index contributed by atoms with van der Waals surface area (Å²) in [5.74, 6) is 1.34. The first kappa shape index (κ1) is 14.5. The molecule has 20 heavy (non-hydrogen) atoms. The quantitative estimate of drug-likeness (QED) is 0.668. The molecule has 0 atom stereocenters. The van der Waals surface area contributed by atoms with Gasteiger partial charge in [0.15, 0.2) is 11.5 Å². The van der Waals surface area contributed by atoms with Gasteiger partial charge >= 0.3 is 6.03 Å². The van der Waals surface area contributed by atoms with Crippen LogP contribution < -0.4 is 20.1 Å². The number of hydrogen-bond donors (Lipinski definition) is 3. The van der Waals surface area contributed by atoms with Gasteiger partial charge in [-0.15, -0.1) is 0 Å². The average Bonchev–Trinajstić information content (AvgIpc) is 2.90. The zero-order valence-electron chi connectivity index (χ0n) is 11.4. The lowest BCUT2D eigenvalue weighted by Crippen LogP contribution is -2.29. The molecule has 0 radical (unpaired) electrons. The fourth-order valence-electron chi connectivity index (χ4n) is 1.94. The van der Waals surface area contributed by atoms with E-state index in [1.165, 1.54) is 0 Å². The van der Waals surface area contributed by atoms with Crippen LogP contribution in [0.15, 0.2) is 18.2 Å². The van der Waals surface area contributed by atoms with Gasteiger partial charge in [0.05, 0.1) is 0 Å². The molecular formula is C14H20N2O4. The highest BCUT2D eigenvalue weighted by Gasteiger charge is 2.13. The van der Waals surface area contributed by atoms with E-state index in [-0.39, 0.29) is 19.4 Å². The molecule has 1 aromatic rings. The number of nitrogens with one attached hydrogen (secondary N) is 2. The Hall–Kier alpha value is -1.95. The van der Waals surface area contributed by atoms with E-state index < -0.39 is 0 Å². The second kappa shape index (κ2) is 7.59. The first-order chi connectivity index (χ1) is 9.79. The third-order valence-electron chi connectivity index (χ3n) is 3.00. The summed E-state index contributed by atoms with van der Waals surface area (Å²) in [5.41, 5.74) is 0.673. The number of benzene rings is 1. The Morgan fingerprint density at radius 3 is 2.80 bits per heavy atom. The maximum atomic E-state index is 11.7. The van der Waals surface area contributed by atoms with Gasteiger partial charge in [-0.1, -0.05) is 12.8 Å². The molecule has 6 nitrogen and oxygen atoms in total. The van der Waals surface area contributed by atoms with E-state index in [0.717, 1.165) is 25.7 Å². The molecule has 6 heteroatoms. The van der Waals surface area contributed by atoms with Crippen molar-refractivity contribution in [2.24, 2.45) is 0 Å². The number of unbranched alkanes of at least 4 members (excludes halogenated alkanes) is 3. The Morgan fingerprint density at radius 2 is 1.95 bits per heavy atom. The Bertz CT molecular complexity index is 451. The number of rotatable bonds is 7. The number of anilines is 1. The lowest BCUT2D eigenvalue weighted by Gasteiger charge is -2.08. The van der Waals surface area contributed by atoms with Crippen molar-refractivity contribution in [3.8, 4) is 11.5 Å². The van der Waals surface area contributed by atoms with Crippen molar-refractivity contribution in [2.75, 3.05) is 25.3 Å². The topological polar surface area (TPSA) is 79.8 Å². The average molecular weight is 280 g/mol. The highest BCUT2D eigenvalue weighted by atomic mass is 16.7. The van der Waals surface area contributed by atoms with Crippen LogP contribution in [0.5, 0.6) is 11.5 Å². The van der Waals surface area contributed by atoms with E-state index in [4.69, 9.17) is 14.6 Å². The molecule has 0 aromatic heterocycles. The summed E-state index contributed by atoms with van der Waals surface area (Å²) in [4.78, 5) is 11.7. The Morgan fingerprint density at radius 1 is 1.15 bits per heavy atom. The van der Waals surface area contributed by atoms with Crippen LogP contribution in [0.25, 0.3) is 0 Å². The van der Waals surface area contributed by atoms with Crippen molar-refractivity contribution in [1.82, 2.24) is 5.32 Å². The number of amides is 2. The first-order valence-corrected chi connectivity index (χ1v) is 6.85. The SMILES string of the molecule is O=C(NCCCCCCO)Nc1ccc2c(c1)OCO2. The van der Waals surface area contributed by atoms with E-state index in [2.05, 4.69) is 10.6 Å². The molecular weight excluding hydrogens is 260 g/mol. The third kappa shape index (κ3) is 4.31. The van der Waals surface area contributed by atoms with Crippen LogP contribution in [0.2, 0.25) is 0 Å². The zero-order chi connectivity index (χ0) is 14.2. The van der Waals surface area contributed by atoms with E-state index >= 15 is 0 Å². The van der Waals surface area contributed by atoms with Crippen LogP contribution in [0, 0.1) is 0 Å². The summed E-state index contributed by atoms with van der Waals surface area (Å²) in [6, 6.07) is 5.05. The molecule has 1 heterocycles. The van der Waals surface area contributed by atoms with Crippen molar-refractivity contribution >= 4 is 11.7 Å². The minimum absolute atomic E-state index is 0.221. The summed E-state index contributed by atoms with van der Waals surface area (Å²) in [7, 11) is 0. The molecule has 1 aliphatic heterocycles. The largest absolute Gasteiger partial charge is 0.454 e. The number of aliphatic hydroxyl groups is 1. The molecule has 0 spiro atoms. The minimum Gasteiger partial charge on any atom is -0.454 e. The molecule has 2 amide bonds. The number of hydrogen-bond acceptors (Lipinski definition) is 4. The number of fused-ring (bicyclic) bond motifs is 1. The van der Waals surface area contributed by atoms with E-state index in [1.807, 2.05) is 0 Å². The highest BCUT2D eigenvalue weighted by molar-refractivity contribution is 5.89. The second-order valence-corrected chi connectivity index (χ2v) is 4.59. The molecule has 0 bridgehead atoms. The van der Waals surface area contributed by atoms with Crippen molar-refractivity contribution < 1.29 is 19.4 Å². The molecule has 110 valence electrons. The van der Waals surface area contributed by atoms with Gasteiger partial charge < -0.3 is 25.2 Å². The second-order valence-electron chi connectivity index (χ2n) is 4.59. The van der Waals surface area contributed by atoms with Gasteiger partial charge in [-0.3, -0.25) is 0 Å². The maximum Gasteiger partial charge on any atom is 0.319 e. The monoisotopic (exact) mass is 280 g/mol. The number of carbonyl (C=O) groups is 1. The zero-order valence-corrected chi connectivity index (χ0v) is 11.4. The Kier molecular flexibility index (Phi) is 5.49. The van der Waals surface area contributed by atoms with E-state index in [9.17, 15) is 4.79 Å². The Balaban J connectivity index is 1.67. The van der Waals surface area contributed by atoms with Crippen LogP contribution in [0.1, 0.15) is 25.7 Å². The fourth-order valence-corrected chi connectivity index (χ4v) is 1.94. The predicted octanol–water partition coefficient (Wildman–Crippen LogP) is 2.09. The van der Waals surface area contributed by atoms with Gasteiger partial charge in [-0.2, -0.15) is 0 Å². The summed E-state index contributed by atoms with van der Waals surface area (Å²) in [6.07, 6.45) is 3.73. The first-order valence-electron chi connectivity index (χ1n) is 6.85. The van der Waals surface area contributed by atoms with Gasteiger partial charge in [0, 0.05) is 24.9 Å². The Labute approximate surface area is 118 Å². The van der Waals surface area contributed by atoms with Crippen molar-refractivity contribution in [2.45, 2.75) is 25.7 Å². The predicted molar refractivity (Wildman–Crippen MR) is 75.1 cm³/mol. The molecule has 0 fully saturated rings. The smallest absolute Gasteiger partial charge is 0.319 e. The minimum atomic E-state index is -0.231. The van der Waals surface area contributed by atoms with Gasteiger partial charge in [0.25, 0.3) is 0 Å². The number of ether oxygens (including phenoxy) is 2. The lowest BCUT2D eigenvalue weighted by atomic mass is 10.2. The normalized spacial score (nSPS) is 12.2. The van der Waals surface area contributed by atoms with E-state index in [0.29, 0.717) is 23.7 Å². The third-order valence-corrected chi connectivity index (χ3v) is 3.00. The lowest BCUT2D eigenvalue weighted by molar-refractivity contribution is 0.174. The van der Waals surface area contributed by atoms with Gasteiger partial charge in [-0.25, -0.2) is 4.79 Å². The molecule has 3 N–H and O–H groups in total. The molecule has 1 aromatic carbocycles. The fraction of sp³-hybridized carbons (Fsp3) is 0.500. The number of aliphatic hydroxyl groups excluding tert-OH is 1. The van der Waals surface area contributed by atoms with Crippen LogP contribution >= 0.6 is 0 Å². The maximum absolute atomic E-state index is 11.7. The van der Waals surface area contributed by atoms with Crippen molar-refractivity contribution in [3.63, 3.8) is 0 Å². The van der Waals surface area contributed by atoms with Gasteiger partial charge in [0.2, 0.25) is 6.79 Å². The van der Waals surface area contributed by atoms with E-state index in [1.54, 1.807) is 18.2 Å². The van der Waals surface area contributed by atoms with Crippen LogP contribution in [0.4, 0.5) is 10.5 Å². The summed E-state index contributed by atoms with van der Waals surface area (Å²) in [6.45, 7) is 1.08. The van der Waals surface area contributed by atoms with Gasteiger partial charge in [0.1, 0.15) is 0 Å². The molecule has 0 saturated carbocycles. The number of carbonyl (C=O) groups excluding carboxylic acids is 1. The molecule has 0 unspecified atom stereocenters. The molecule has 1 aliphatic rings. The highest BCUT2D eigenvalue weighted by Crippen LogP contribution is 2.34. The molecule has 0 saturated heterocycles. The standard InChI is InChI=1S/C14H20N2O4/c17-8-4-2-1-3-7-15-14(18)16-11-5-6-12-13(9-11)20-10-19-12/h5-6,9,17H,1-4,7-8,10H2,(H2,15,16,18). The summed E-state index contributed by atoms with van der Waals surface area (Å²) < 4.78 is 10.4. The number of urea groups is 1. The van der Waals surface area contributed by atoms with Crippen LogP contribution in [0.3, 0.4) is 0 Å². The van der Waals surface area contributed by atoms with Gasteiger partial charge in [-0.05, 0) is 25.0 Å². The van der Waals surface area contributed by atoms with Crippen molar-refractivity contribution in [1.29, 1.82) is 0 Å².